The second-order valence-electron chi connectivity index (χ2n) is 7.57. The van der Waals surface area contributed by atoms with E-state index >= 15 is 0 Å². The highest BCUT2D eigenvalue weighted by atomic mass is 16.7. The Balaban J connectivity index is 1.93. The van der Waals surface area contributed by atoms with Gasteiger partial charge in [-0.3, -0.25) is 0 Å². The number of hydrogen-bond acceptors (Lipinski definition) is 5. The molecule has 0 aliphatic heterocycles. The predicted octanol–water partition coefficient (Wildman–Crippen LogP) is 4.50. The van der Waals surface area contributed by atoms with Crippen molar-refractivity contribution in [1.82, 2.24) is 14.8 Å². The van der Waals surface area contributed by atoms with Gasteiger partial charge in [0.05, 0.1) is 18.5 Å². The zero-order valence-corrected chi connectivity index (χ0v) is 19.5. The fourth-order valence-electron chi connectivity index (χ4n) is 3.76. The first-order chi connectivity index (χ1) is 16.0. The summed E-state index contributed by atoms with van der Waals surface area (Å²) in [5, 5.41) is 14.2. The molecule has 7 heteroatoms. The summed E-state index contributed by atoms with van der Waals surface area (Å²) in [4.78, 5) is 16.3. The van der Waals surface area contributed by atoms with Crippen molar-refractivity contribution in [3.63, 3.8) is 0 Å². The molecule has 0 unspecified atom stereocenters. The highest BCUT2D eigenvalue weighted by Gasteiger charge is 2.36. The van der Waals surface area contributed by atoms with Gasteiger partial charge in [-0.15, -0.1) is 11.0 Å². The van der Waals surface area contributed by atoms with Crippen LogP contribution in [0.2, 0.25) is 0 Å². The molecule has 0 amide bonds. The molecule has 0 radical (unpaired) electrons. The summed E-state index contributed by atoms with van der Waals surface area (Å²) in [6.07, 6.45) is 1.93. The number of aromatic nitrogens is 3. The second kappa shape index (κ2) is 10.9. The van der Waals surface area contributed by atoms with Crippen molar-refractivity contribution in [3.05, 3.63) is 71.3 Å². The van der Waals surface area contributed by atoms with Crippen molar-refractivity contribution in [3.8, 4) is 23.0 Å². The van der Waals surface area contributed by atoms with Crippen molar-refractivity contribution in [1.29, 1.82) is 0 Å². The monoisotopic (exact) mass is 447 g/mol. The average molecular weight is 448 g/mol. The van der Waals surface area contributed by atoms with E-state index in [0.29, 0.717) is 30.8 Å². The number of carbonyl (C=O) groups is 1. The predicted molar refractivity (Wildman–Crippen MR) is 126 cm³/mol. The van der Waals surface area contributed by atoms with Crippen LogP contribution >= 0.6 is 0 Å². The van der Waals surface area contributed by atoms with Gasteiger partial charge in [-0.2, -0.15) is 0 Å². The summed E-state index contributed by atoms with van der Waals surface area (Å²) in [6.45, 7) is 4.34. The van der Waals surface area contributed by atoms with Gasteiger partial charge in [0.2, 0.25) is 11.6 Å². The summed E-state index contributed by atoms with van der Waals surface area (Å²) in [5.41, 5.74) is 2.81. The van der Waals surface area contributed by atoms with Gasteiger partial charge in [-0.25, -0.2) is 14.5 Å². The lowest BCUT2D eigenvalue weighted by atomic mass is 9.99. The number of benzene rings is 2. The van der Waals surface area contributed by atoms with Gasteiger partial charge in [0.1, 0.15) is 5.82 Å². The lowest BCUT2D eigenvalue weighted by Crippen LogP contribution is -2.32. The maximum atomic E-state index is 11.6. The number of nitrogens with zero attached hydrogens (tertiary/aromatic N) is 3. The molecule has 1 N–H and O–H groups in total. The number of hydrogen-bond donors (Lipinski definition) is 1. The summed E-state index contributed by atoms with van der Waals surface area (Å²) in [5.74, 6) is 5.23. The molecule has 0 atom stereocenters. The summed E-state index contributed by atoms with van der Waals surface area (Å²) in [7, 11) is 3.19. The van der Waals surface area contributed by atoms with Gasteiger partial charge in [-0.1, -0.05) is 61.7 Å². The van der Waals surface area contributed by atoms with E-state index in [-0.39, 0.29) is 5.56 Å². The molecule has 2 aromatic carbocycles. The minimum absolute atomic E-state index is 0.276. The second-order valence-corrected chi connectivity index (χ2v) is 7.57. The number of carboxylic acids is 1. The number of aromatic carboxylic acids is 1. The van der Waals surface area contributed by atoms with Gasteiger partial charge in [-0.05, 0) is 29.7 Å². The number of rotatable bonds is 10. The van der Waals surface area contributed by atoms with Crippen LogP contribution in [0.15, 0.2) is 48.5 Å². The molecule has 0 spiro atoms. The molecule has 3 rings (SSSR count). The quantitative estimate of drug-likeness (QED) is 0.364. The Hall–Kier alpha value is -3.47. The normalized spacial score (nSPS) is 11.2. The van der Waals surface area contributed by atoms with Crippen LogP contribution in [0, 0.1) is 11.8 Å². The van der Waals surface area contributed by atoms with Crippen molar-refractivity contribution < 1.29 is 19.4 Å². The smallest absolute Gasteiger partial charge is 0.336 e. The van der Waals surface area contributed by atoms with E-state index in [1.54, 1.807) is 33.3 Å². The lowest BCUT2D eigenvalue weighted by Gasteiger charge is -2.27. The molecule has 172 valence electrons. The zero-order valence-electron chi connectivity index (χ0n) is 19.5. The van der Waals surface area contributed by atoms with E-state index in [2.05, 4.69) is 18.8 Å². The largest absolute Gasteiger partial charge is 0.478 e. The Morgan fingerprint density at radius 2 is 1.82 bits per heavy atom. The third kappa shape index (κ3) is 5.30. The molecule has 7 nitrogen and oxygen atoms in total. The van der Waals surface area contributed by atoms with Crippen molar-refractivity contribution in [2.75, 3.05) is 14.2 Å². The average Bonchev–Trinajstić information content (AvgIpc) is 3.24. The van der Waals surface area contributed by atoms with Crippen molar-refractivity contribution >= 4 is 5.97 Å². The van der Waals surface area contributed by atoms with Crippen LogP contribution in [-0.2, 0) is 28.2 Å². The molecule has 0 saturated heterocycles. The first kappa shape index (κ1) is 24.2. The summed E-state index contributed by atoms with van der Waals surface area (Å²) < 4.78 is 13.2. The van der Waals surface area contributed by atoms with E-state index < -0.39 is 11.8 Å². The fraction of sp³-hybridized carbons (Fsp3) is 0.346. The van der Waals surface area contributed by atoms with Crippen molar-refractivity contribution in [2.24, 2.45) is 0 Å². The number of carboxylic acid groups (broad SMARTS) is 1. The maximum absolute atomic E-state index is 11.6. The van der Waals surface area contributed by atoms with Gasteiger partial charge < -0.3 is 14.6 Å². The summed E-state index contributed by atoms with van der Waals surface area (Å²) in [6, 6.07) is 14.8. The molecule has 0 saturated carbocycles. The van der Waals surface area contributed by atoms with Crippen LogP contribution in [-0.4, -0.2) is 40.1 Å². The lowest BCUT2D eigenvalue weighted by molar-refractivity contribution is -0.225. The van der Waals surface area contributed by atoms with E-state index in [1.165, 1.54) is 0 Å². The third-order valence-corrected chi connectivity index (χ3v) is 5.51. The Morgan fingerprint density at radius 3 is 2.42 bits per heavy atom. The molecule has 1 heterocycles. The van der Waals surface area contributed by atoms with E-state index in [4.69, 9.17) is 19.6 Å². The molecule has 1 aromatic heterocycles. The third-order valence-electron chi connectivity index (χ3n) is 5.51. The Morgan fingerprint density at radius 1 is 1.12 bits per heavy atom. The minimum Gasteiger partial charge on any atom is -0.478 e. The van der Waals surface area contributed by atoms with Crippen LogP contribution in [0.4, 0.5) is 0 Å². The van der Waals surface area contributed by atoms with Gasteiger partial charge in [0, 0.05) is 20.6 Å². The fourth-order valence-corrected chi connectivity index (χ4v) is 3.76. The highest BCUT2D eigenvalue weighted by molar-refractivity contribution is 5.95. The van der Waals surface area contributed by atoms with Crippen LogP contribution in [0.1, 0.15) is 54.3 Å². The van der Waals surface area contributed by atoms with Crippen molar-refractivity contribution in [2.45, 2.75) is 45.4 Å². The molecule has 0 aliphatic rings. The standard InChI is InChI=1S/C26H29N3O4/c1-5-7-12-23-27-25(26(32-3,33-4)17-6-2)28-29(23)18-19-13-15-20(16-14-19)21-10-8-9-11-22(21)24(30)31/h8-11,13-16H,6,12,17-18H2,1-4H3,(H,30,31). The van der Waals surface area contributed by atoms with Gasteiger partial charge in [0.15, 0.2) is 0 Å². The molecule has 0 bridgehead atoms. The van der Waals surface area contributed by atoms with E-state index in [0.717, 1.165) is 23.4 Å². The molecule has 33 heavy (non-hydrogen) atoms. The first-order valence-corrected chi connectivity index (χ1v) is 10.8. The number of ether oxygens (including phenoxy) is 2. The summed E-state index contributed by atoms with van der Waals surface area (Å²) >= 11 is 0. The van der Waals surface area contributed by atoms with Crippen LogP contribution in [0.5, 0.6) is 0 Å². The van der Waals surface area contributed by atoms with E-state index in [9.17, 15) is 9.90 Å². The van der Waals surface area contributed by atoms with Gasteiger partial charge in [0.25, 0.3) is 0 Å². The van der Waals surface area contributed by atoms with Crippen LogP contribution < -0.4 is 0 Å². The Bertz CT molecular complexity index is 1150. The molecule has 3 aromatic rings. The Kier molecular flexibility index (Phi) is 7.99. The Labute approximate surface area is 194 Å². The molecular weight excluding hydrogens is 418 g/mol. The van der Waals surface area contributed by atoms with Crippen LogP contribution in [0.25, 0.3) is 11.1 Å². The zero-order chi connectivity index (χ0) is 23.8. The number of methoxy groups -OCH3 is 2. The van der Waals surface area contributed by atoms with Gasteiger partial charge >= 0.3 is 5.97 Å². The van der Waals surface area contributed by atoms with Crippen LogP contribution in [0.3, 0.4) is 0 Å². The highest BCUT2D eigenvalue weighted by Crippen LogP contribution is 2.29. The molecule has 0 aliphatic carbocycles. The topological polar surface area (TPSA) is 86.5 Å². The minimum atomic E-state index is -1.00. The molecule has 0 fully saturated rings. The first-order valence-electron chi connectivity index (χ1n) is 10.8. The maximum Gasteiger partial charge on any atom is 0.336 e. The molecular formula is C26H29N3O4. The SMILES string of the molecule is CC#CCc1nc(C(CCC)(OC)OC)nn1Cc1ccc(-c2ccccc2C(=O)O)cc1. The van der Waals surface area contributed by atoms with E-state index in [1.807, 2.05) is 41.1 Å².